The summed E-state index contributed by atoms with van der Waals surface area (Å²) in [4.78, 5) is 124. The number of nitrogens with zero attached hydrogens (tertiary/aromatic N) is 10. The summed E-state index contributed by atoms with van der Waals surface area (Å²) in [5.41, 5.74) is 2.09. The van der Waals surface area contributed by atoms with Gasteiger partial charge < -0.3 is 64.3 Å². The predicted molar refractivity (Wildman–Crippen MR) is 381 cm³/mol. The quantitative estimate of drug-likeness (QED) is 0.00709. The summed E-state index contributed by atoms with van der Waals surface area (Å²) in [6.07, 6.45) is -0.733. The molecule has 1 aliphatic carbocycles. The lowest BCUT2D eigenvalue weighted by Crippen LogP contribution is -2.44. The lowest BCUT2D eigenvalue weighted by Gasteiger charge is -2.23. The molecule has 2 aliphatic heterocycles. The van der Waals surface area contributed by atoms with E-state index in [0.717, 1.165) is 28.7 Å². The number of rotatable bonds is 35. The molecule has 6 aromatic carbocycles. The second-order valence-electron chi connectivity index (χ2n) is 23.8. The fourth-order valence-electron chi connectivity index (χ4n) is 11.4. The fourth-order valence-corrected chi connectivity index (χ4v) is 11.4. The SMILES string of the molecule is O=C(NCCOCCOCCNC(=O)N(CCNc1ccc([N+](=O)[O-])cc1[N+](=O)[O-])c1nc(OCCc2ccc([N+](=O)[O-])cc2)c2ncn([C@H]3C[C@H](O)[C@@H](CO)O3)c2n1)Nc1ccc(-c2c3ccc(=O)cc-3oc3cc(OCCc4ccc([N+](=O)[O-])cc4)ccc23)c(C(=O)OCCc2ccc([N+](=O)[O-])cc2)c1. The van der Waals surface area contributed by atoms with Gasteiger partial charge in [-0.05, 0) is 64.7 Å². The van der Waals surface area contributed by atoms with Crippen LogP contribution in [0.15, 0.2) is 161 Å². The van der Waals surface area contributed by atoms with E-state index in [4.69, 9.17) is 32.8 Å². The number of carbonyl (C=O) groups excluding carboxylic acids is 3. The van der Waals surface area contributed by atoms with Crippen molar-refractivity contribution in [2.45, 2.75) is 44.1 Å². The first-order valence-corrected chi connectivity index (χ1v) is 33.1. The molecule has 37 nitrogen and oxygen atoms in total. The van der Waals surface area contributed by atoms with Crippen molar-refractivity contribution in [2.75, 3.05) is 94.6 Å². The standard InChI is InChI=1S/C70H66N14O23/c85-40-61-58(87)39-62(107-61)79-41-74-64-65(79)76-68(77-66(64)104-29-22-43-3-10-47(11-4-43)81(93)94)78(27-24-71-56-20-14-49(83(97)98)36-57(56)84(99)100)70(90)73-26-32-102-34-33-101-31-25-72-69(89)75-45-7-17-52(55(35-45)67(88)105-30-23-44-5-12-48(13-6-44)82(95)96)63-53-18-15-50(86)37-59(53)106-60-38-51(16-19-54(60)63)103-28-21-42-1-8-46(9-2-42)80(91)92/h1-20,35-38,41,58,61-62,71,85,87H,21-34,39-40H2,(H,73,90)(H2,72,75,89)/t58-,61+,62+/m0/s1. The zero-order chi connectivity index (χ0) is 75.7. The molecule has 0 unspecified atom stereocenters. The summed E-state index contributed by atoms with van der Waals surface area (Å²) >= 11 is 0. The van der Waals surface area contributed by atoms with Crippen molar-refractivity contribution in [1.29, 1.82) is 0 Å². The van der Waals surface area contributed by atoms with E-state index in [1.165, 1.54) is 65.5 Å². The van der Waals surface area contributed by atoms with E-state index in [2.05, 4.69) is 36.2 Å². The second-order valence-corrected chi connectivity index (χ2v) is 23.8. The van der Waals surface area contributed by atoms with Crippen LogP contribution >= 0.6 is 0 Å². The molecule has 2 aromatic heterocycles. The number of carbonyl (C=O) groups is 3. The number of esters is 1. The molecular weight excluding hydrogens is 1400 g/mol. The van der Waals surface area contributed by atoms with Gasteiger partial charge in [-0.1, -0.05) is 42.5 Å². The van der Waals surface area contributed by atoms with Gasteiger partial charge in [0.1, 0.15) is 35.1 Å². The topological polar surface area (TPSA) is 488 Å². The van der Waals surface area contributed by atoms with Crippen molar-refractivity contribution in [1.82, 2.24) is 30.2 Å². The van der Waals surface area contributed by atoms with E-state index < -0.39 is 79.1 Å². The monoisotopic (exact) mass is 1470 g/mol. The number of imidazole rings is 1. The maximum Gasteiger partial charge on any atom is 0.338 e. The van der Waals surface area contributed by atoms with Gasteiger partial charge in [0, 0.05) is 129 Å². The highest BCUT2D eigenvalue weighted by atomic mass is 16.6. The number of urea groups is 2. The molecule has 3 atom stereocenters. The minimum Gasteiger partial charge on any atom is -0.493 e. The molecule has 107 heavy (non-hydrogen) atoms. The predicted octanol–water partition coefficient (Wildman–Crippen LogP) is 9.01. The molecule has 0 saturated carbocycles. The Hall–Kier alpha value is -13.2. The summed E-state index contributed by atoms with van der Waals surface area (Å²) in [7, 11) is 0. The molecule has 6 N–H and O–H groups in total. The molecule has 0 bridgehead atoms. The zero-order valence-corrected chi connectivity index (χ0v) is 56.4. The third-order valence-corrected chi connectivity index (χ3v) is 16.8. The van der Waals surface area contributed by atoms with Crippen LogP contribution in [0, 0.1) is 50.6 Å². The van der Waals surface area contributed by atoms with Crippen LogP contribution in [0.3, 0.4) is 0 Å². The fraction of sp³-hybridized carbons (Fsp3) is 0.271. The van der Waals surface area contributed by atoms with Crippen LogP contribution in [-0.4, -0.2) is 164 Å². The zero-order valence-electron chi connectivity index (χ0n) is 56.4. The van der Waals surface area contributed by atoms with Gasteiger partial charge in [0.05, 0.1) is 102 Å². The van der Waals surface area contributed by atoms with Gasteiger partial charge in [-0.25, -0.2) is 19.4 Å². The summed E-state index contributed by atoms with van der Waals surface area (Å²) in [5.74, 6) is -0.627. The lowest BCUT2D eigenvalue weighted by atomic mass is 9.90. The first-order chi connectivity index (χ1) is 51.7. The molecular formula is C70H66N14O23. The van der Waals surface area contributed by atoms with E-state index in [1.54, 1.807) is 72.8 Å². The Morgan fingerprint density at radius 1 is 0.626 bits per heavy atom. The molecule has 37 heteroatoms. The van der Waals surface area contributed by atoms with Crippen LogP contribution < -0.4 is 41.1 Å². The van der Waals surface area contributed by atoms with Crippen LogP contribution in [0.2, 0.25) is 0 Å². The molecule has 3 aliphatic rings. The van der Waals surface area contributed by atoms with Crippen LogP contribution in [0.1, 0.15) is 39.7 Å². The van der Waals surface area contributed by atoms with Gasteiger partial charge in [-0.2, -0.15) is 9.97 Å². The van der Waals surface area contributed by atoms with Crippen molar-refractivity contribution in [3.05, 3.63) is 235 Å². The third-order valence-electron chi connectivity index (χ3n) is 16.8. The van der Waals surface area contributed by atoms with Gasteiger partial charge in [-0.3, -0.25) is 64.8 Å². The number of aliphatic hydroxyl groups excluding tert-OH is 2. The number of nitro groups is 5. The Kier molecular flexibility index (Phi) is 24.4. The van der Waals surface area contributed by atoms with Crippen molar-refractivity contribution in [3.63, 3.8) is 0 Å². The molecule has 8 aromatic rings. The number of ether oxygens (including phenoxy) is 6. The summed E-state index contributed by atoms with van der Waals surface area (Å²) < 4.78 is 43.1. The van der Waals surface area contributed by atoms with Crippen LogP contribution in [0.5, 0.6) is 11.6 Å². The largest absolute Gasteiger partial charge is 0.493 e. The number of nitro benzene ring substituents is 5. The molecule has 4 amide bonds. The normalized spacial score (nSPS) is 13.9. The van der Waals surface area contributed by atoms with Gasteiger partial charge in [0.25, 0.3) is 28.4 Å². The number of amides is 4. The number of aromatic nitrogens is 4. The van der Waals surface area contributed by atoms with Crippen LogP contribution in [-0.2, 0) is 38.2 Å². The number of hydrogen-bond acceptors (Lipinski definition) is 27. The maximum absolute atomic E-state index is 14.4. The number of non-ortho nitro benzene ring substituents is 4. The van der Waals surface area contributed by atoms with Gasteiger partial charge in [-0.15, -0.1) is 0 Å². The summed E-state index contributed by atoms with van der Waals surface area (Å²) in [5, 5.41) is 89.3. The Morgan fingerprint density at radius 2 is 1.23 bits per heavy atom. The van der Waals surface area contributed by atoms with Gasteiger partial charge in [0.2, 0.25) is 11.8 Å². The van der Waals surface area contributed by atoms with Crippen molar-refractivity contribution < 1.29 is 82.1 Å². The number of benzene rings is 7. The number of fused-ring (bicyclic) bond motifs is 3. The number of anilines is 3. The number of aliphatic hydroxyl groups is 2. The van der Waals surface area contributed by atoms with Gasteiger partial charge in [0.15, 0.2) is 16.6 Å². The average molecular weight is 1470 g/mol. The van der Waals surface area contributed by atoms with E-state index in [1.807, 2.05) is 0 Å². The highest BCUT2D eigenvalue weighted by Gasteiger charge is 2.37. The van der Waals surface area contributed by atoms with E-state index in [9.17, 15) is 80.0 Å². The Bertz CT molecular complexity index is 4970. The minimum atomic E-state index is -1.07. The third kappa shape index (κ3) is 19.0. The Morgan fingerprint density at radius 3 is 1.85 bits per heavy atom. The van der Waals surface area contributed by atoms with Crippen molar-refractivity contribution in [3.8, 4) is 34.1 Å². The molecule has 1 fully saturated rings. The Balaban J connectivity index is 0.728. The Labute approximate surface area is 603 Å². The molecule has 1 saturated heterocycles. The molecule has 0 spiro atoms. The first kappa shape index (κ1) is 74.9. The minimum absolute atomic E-state index is 0.00182. The smallest absolute Gasteiger partial charge is 0.338 e. The van der Waals surface area contributed by atoms with Crippen LogP contribution in [0.25, 0.3) is 44.6 Å². The highest BCUT2D eigenvalue weighted by Crippen LogP contribution is 2.43. The maximum atomic E-state index is 14.4. The van der Waals surface area contributed by atoms with E-state index in [-0.39, 0.29) is 165 Å². The molecule has 554 valence electrons. The lowest BCUT2D eigenvalue weighted by molar-refractivity contribution is -0.393. The number of nitrogens with one attached hydrogen (secondary N) is 4. The number of hydrogen-bond donors (Lipinski definition) is 6. The van der Waals surface area contributed by atoms with E-state index in [0.29, 0.717) is 45.4 Å². The van der Waals surface area contributed by atoms with Crippen molar-refractivity contribution >= 4 is 85.9 Å². The average Bonchev–Trinajstić information content (AvgIpc) is 1.37. The molecule has 11 rings (SSSR count). The summed E-state index contributed by atoms with van der Waals surface area (Å²) in [6.45, 7) is -1.18. The van der Waals surface area contributed by atoms with Gasteiger partial charge >= 0.3 is 18.0 Å². The highest BCUT2D eigenvalue weighted by molar-refractivity contribution is 6.09. The summed E-state index contributed by atoms with van der Waals surface area (Å²) in [6, 6.07) is 33.0. The first-order valence-electron chi connectivity index (χ1n) is 33.1. The molecule has 0 radical (unpaired) electrons. The molecule has 4 heterocycles. The second kappa shape index (κ2) is 34.8. The van der Waals surface area contributed by atoms with Crippen LogP contribution in [0.4, 0.5) is 55.3 Å². The van der Waals surface area contributed by atoms with Crippen molar-refractivity contribution in [2.24, 2.45) is 0 Å². The van der Waals surface area contributed by atoms with E-state index >= 15 is 0 Å².